The van der Waals surface area contributed by atoms with Gasteiger partial charge in [0.15, 0.2) is 0 Å². The third-order valence-corrected chi connectivity index (χ3v) is 4.15. The van der Waals surface area contributed by atoms with Crippen LogP contribution in [0.5, 0.6) is 0 Å². The first-order valence-electron chi connectivity index (χ1n) is 6.71. The highest BCUT2D eigenvalue weighted by Crippen LogP contribution is 2.26. The van der Waals surface area contributed by atoms with Crippen molar-refractivity contribution in [1.82, 2.24) is 0 Å². The number of halogens is 1. The average molecular weight is 300 g/mol. The number of thioether (sulfide) groups is 1. The monoisotopic (exact) mass is 300 g/mol. The van der Waals surface area contributed by atoms with Crippen molar-refractivity contribution in [2.24, 2.45) is 0 Å². The van der Waals surface area contributed by atoms with Crippen molar-refractivity contribution in [1.29, 1.82) is 5.26 Å². The smallest absolute Gasteiger partial charge is 0.123 e. The van der Waals surface area contributed by atoms with E-state index in [0.717, 1.165) is 28.1 Å². The fraction of sp³-hybridized carbons (Fsp3) is 0.235. The molecule has 0 fully saturated rings. The second kappa shape index (κ2) is 7.14. The molecule has 0 aliphatic heterocycles. The molecular weight excluding hydrogens is 283 g/mol. The number of hydrogen-bond donors (Lipinski definition) is 1. The lowest BCUT2D eigenvalue weighted by Gasteiger charge is -2.11. The Morgan fingerprint density at radius 2 is 2.10 bits per heavy atom. The van der Waals surface area contributed by atoms with Gasteiger partial charge < -0.3 is 5.32 Å². The SMILES string of the molecule is CSc1cccc(NCCc2ccc(F)cc2C)c1C#N. The van der Waals surface area contributed by atoms with Crippen LogP contribution in [-0.4, -0.2) is 12.8 Å². The van der Waals surface area contributed by atoms with E-state index in [1.807, 2.05) is 37.4 Å². The summed E-state index contributed by atoms with van der Waals surface area (Å²) in [5.41, 5.74) is 3.60. The highest BCUT2D eigenvalue weighted by atomic mass is 32.2. The summed E-state index contributed by atoms with van der Waals surface area (Å²) in [4.78, 5) is 0.973. The van der Waals surface area contributed by atoms with E-state index in [9.17, 15) is 9.65 Å². The van der Waals surface area contributed by atoms with Gasteiger partial charge in [-0.25, -0.2) is 4.39 Å². The summed E-state index contributed by atoms with van der Waals surface area (Å²) in [6.07, 6.45) is 2.75. The maximum atomic E-state index is 13.1. The van der Waals surface area contributed by atoms with Crippen LogP contribution < -0.4 is 5.32 Å². The largest absolute Gasteiger partial charge is 0.384 e. The maximum absolute atomic E-state index is 13.1. The molecule has 4 heteroatoms. The molecule has 1 N–H and O–H groups in total. The van der Waals surface area contributed by atoms with E-state index < -0.39 is 0 Å². The Labute approximate surface area is 129 Å². The van der Waals surface area contributed by atoms with Gasteiger partial charge in [0, 0.05) is 11.4 Å². The highest BCUT2D eigenvalue weighted by molar-refractivity contribution is 7.98. The van der Waals surface area contributed by atoms with E-state index in [-0.39, 0.29) is 5.82 Å². The summed E-state index contributed by atoms with van der Waals surface area (Å²) >= 11 is 1.56. The van der Waals surface area contributed by atoms with Gasteiger partial charge in [-0.15, -0.1) is 11.8 Å². The molecule has 0 saturated carbocycles. The molecule has 0 aromatic heterocycles. The van der Waals surface area contributed by atoms with Gasteiger partial charge in [0.25, 0.3) is 0 Å². The summed E-state index contributed by atoms with van der Waals surface area (Å²) in [6, 6.07) is 12.9. The lowest BCUT2D eigenvalue weighted by Crippen LogP contribution is -2.07. The predicted molar refractivity (Wildman–Crippen MR) is 86.3 cm³/mol. The molecular formula is C17H17FN2S. The van der Waals surface area contributed by atoms with Crippen LogP contribution in [0.15, 0.2) is 41.3 Å². The zero-order chi connectivity index (χ0) is 15.2. The molecule has 0 heterocycles. The molecule has 108 valence electrons. The molecule has 21 heavy (non-hydrogen) atoms. The van der Waals surface area contributed by atoms with Crippen LogP contribution in [0, 0.1) is 24.1 Å². The number of nitrogens with zero attached hydrogens (tertiary/aromatic N) is 1. The van der Waals surface area contributed by atoms with Gasteiger partial charge in [-0.1, -0.05) is 12.1 Å². The molecule has 2 aromatic carbocycles. The van der Waals surface area contributed by atoms with Crippen LogP contribution >= 0.6 is 11.8 Å². The van der Waals surface area contributed by atoms with Crippen molar-refractivity contribution in [3.63, 3.8) is 0 Å². The summed E-state index contributed by atoms with van der Waals surface area (Å²) in [7, 11) is 0. The number of aryl methyl sites for hydroxylation is 1. The Morgan fingerprint density at radius 1 is 1.29 bits per heavy atom. The van der Waals surface area contributed by atoms with Gasteiger partial charge in [-0.2, -0.15) is 5.26 Å². The molecule has 0 radical (unpaired) electrons. The topological polar surface area (TPSA) is 35.8 Å². The third kappa shape index (κ3) is 3.77. The molecule has 2 aromatic rings. The first kappa shape index (κ1) is 15.4. The van der Waals surface area contributed by atoms with Crippen molar-refractivity contribution >= 4 is 17.4 Å². The van der Waals surface area contributed by atoms with E-state index >= 15 is 0 Å². The molecule has 0 amide bonds. The second-order valence-corrected chi connectivity index (χ2v) is 5.59. The zero-order valence-electron chi connectivity index (χ0n) is 12.1. The van der Waals surface area contributed by atoms with Gasteiger partial charge in [-0.05, 0) is 55.0 Å². The van der Waals surface area contributed by atoms with E-state index in [1.54, 1.807) is 17.8 Å². The van der Waals surface area contributed by atoms with E-state index in [2.05, 4.69) is 11.4 Å². The van der Waals surface area contributed by atoms with E-state index in [0.29, 0.717) is 12.1 Å². The minimum Gasteiger partial charge on any atom is -0.384 e. The third-order valence-electron chi connectivity index (χ3n) is 3.37. The molecule has 2 nitrogen and oxygen atoms in total. The Balaban J connectivity index is 2.06. The Morgan fingerprint density at radius 3 is 2.76 bits per heavy atom. The van der Waals surface area contributed by atoms with Crippen LogP contribution in [0.25, 0.3) is 0 Å². The normalized spacial score (nSPS) is 10.2. The molecule has 0 aliphatic carbocycles. The van der Waals surface area contributed by atoms with Crippen molar-refractivity contribution < 1.29 is 4.39 Å². The van der Waals surface area contributed by atoms with Crippen molar-refractivity contribution in [2.75, 3.05) is 18.1 Å². The van der Waals surface area contributed by atoms with Gasteiger partial charge >= 0.3 is 0 Å². The molecule has 0 bridgehead atoms. The predicted octanol–water partition coefficient (Wildman–Crippen LogP) is 4.38. The molecule has 0 spiro atoms. The van der Waals surface area contributed by atoms with Crippen molar-refractivity contribution in [2.45, 2.75) is 18.2 Å². The standard InChI is InChI=1S/C17H17FN2S/c1-12-10-14(18)7-6-13(12)8-9-20-16-4-3-5-17(21-2)15(16)11-19/h3-7,10,20H,8-9H2,1-2H3. The number of anilines is 1. The van der Waals surface area contributed by atoms with Gasteiger partial charge in [0.1, 0.15) is 11.9 Å². The van der Waals surface area contributed by atoms with Crippen LogP contribution in [0.1, 0.15) is 16.7 Å². The average Bonchev–Trinajstić information content (AvgIpc) is 2.49. The Bertz CT molecular complexity index is 677. The summed E-state index contributed by atoms with van der Waals surface area (Å²) in [6.45, 7) is 2.62. The van der Waals surface area contributed by atoms with E-state index in [4.69, 9.17) is 0 Å². The number of rotatable bonds is 5. The van der Waals surface area contributed by atoms with Gasteiger partial charge in [-0.3, -0.25) is 0 Å². The summed E-state index contributed by atoms with van der Waals surface area (Å²) in [5.74, 6) is -0.205. The molecule has 0 aliphatic rings. The second-order valence-electron chi connectivity index (χ2n) is 4.74. The van der Waals surface area contributed by atoms with Crippen molar-refractivity contribution in [3.8, 4) is 6.07 Å². The lowest BCUT2D eigenvalue weighted by atomic mass is 10.1. The van der Waals surface area contributed by atoms with Crippen LogP contribution in [-0.2, 0) is 6.42 Å². The summed E-state index contributed by atoms with van der Waals surface area (Å²) < 4.78 is 13.1. The first-order chi connectivity index (χ1) is 10.2. The molecule has 0 saturated heterocycles. The van der Waals surface area contributed by atoms with Crippen molar-refractivity contribution in [3.05, 3.63) is 58.9 Å². The minimum absolute atomic E-state index is 0.205. The molecule has 2 rings (SSSR count). The number of hydrogen-bond acceptors (Lipinski definition) is 3. The molecule has 0 unspecified atom stereocenters. The lowest BCUT2D eigenvalue weighted by molar-refractivity contribution is 0.625. The van der Waals surface area contributed by atoms with Gasteiger partial charge in [0.2, 0.25) is 0 Å². The minimum atomic E-state index is -0.205. The first-order valence-corrected chi connectivity index (χ1v) is 7.94. The maximum Gasteiger partial charge on any atom is 0.123 e. The zero-order valence-corrected chi connectivity index (χ0v) is 12.9. The Hall–Kier alpha value is -1.99. The Kier molecular flexibility index (Phi) is 5.24. The number of benzene rings is 2. The molecule has 0 atom stereocenters. The fourth-order valence-electron chi connectivity index (χ4n) is 2.24. The van der Waals surface area contributed by atoms with Gasteiger partial charge in [0.05, 0.1) is 11.3 Å². The van der Waals surface area contributed by atoms with Crippen LogP contribution in [0.4, 0.5) is 10.1 Å². The number of nitrogens with one attached hydrogen (secondary N) is 1. The fourth-order valence-corrected chi connectivity index (χ4v) is 2.81. The van der Waals surface area contributed by atoms with E-state index in [1.165, 1.54) is 6.07 Å². The summed E-state index contributed by atoms with van der Waals surface area (Å²) in [5, 5.41) is 12.6. The van der Waals surface area contributed by atoms with Crippen LogP contribution in [0.3, 0.4) is 0 Å². The van der Waals surface area contributed by atoms with Crippen LogP contribution in [0.2, 0.25) is 0 Å². The highest BCUT2D eigenvalue weighted by Gasteiger charge is 2.07. The quantitative estimate of drug-likeness (QED) is 0.832. The number of nitriles is 1.